The third-order valence-corrected chi connectivity index (χ3v) is 4.07. The molecule has 23 heavy (non-hydrogen) atoms. The Labute approximate surface area is 135 Å². The summed E-state index contributed by atoms with van der Waals surface area (Å²) in [7, 11) is 0. The summed E-state index contributed by atoms with van der Waals surface area (Å²) in [5, 5.41) is 7.95. The van der Waals surface area contributed by atoms with E-state index in [4.69, 9.17) is 9.15 Å². The van der Waals surface area contributed by atoms with Crippen LogP contribution in [0.5, 0.6) is 5.75 Å². The van der Waals surface area contributed by atoms with Crippen LogP contribution in [-0.4, -0.2) is 40.7 Å². The Morgan fingerprint density at radius 2 is 2.00 bits per heavy atom. The van der Waals surface area contributed by atoms with Crippen molar-refractivity contribution in [3.63, 3.8) is 0 Å². The number of piperidine rings is 1. The van der Waals surface area contributed by atoms with Gasteiger partial charge in [-0.2, -0.15) is 0 Å². The largest absolute Gasteiger partial charge is 0.493 e. The van der Waals surface area contributed by atoms with E-state index >= 15 is 0 Å². The van der Waals surface area contributed by atoms with Crippen LogP contribution in [0.3, 0.4) is 0 Å². The Morgan fingerprint density at radius 1 is 1.26 bits per heavy atom. The number of rotatable bonds is 5. The predicted molar refractivity (Wildman–Crippen MR) is 84.1 cm³/mol. The molecular weight excluding hydrogens is 294 g/mol. The van der Waals surface area contributed by atoms with E-state index in [2.05, 4.69) is 10.2 Å². The van der Waals surface area contributed by atoms with Crippen molar-refractivity contribution < 1.29 is 13.9 Å². The molecule has 0 bridgehead atoms. The monoisotopic (exact) mass is 315 g/mol. The molecule has 0 unspecified atom stereocenters. The van der Waals surface area contributed by atoms with Crippen LogP contribution in [0.15, 0.2) is 34.7 Å². The van der Waals surface area contributed by atoms with Crippen LogP contribution in [-0.2, 0) is 4.79 Å². The number of ether oxygens (including phenoxy) is 1. The summed E-state index contributed by atoms with van der Waals surface area (Å²) < 4.78 is 11.1. The molecule has 3 rings (SSSR count). The molecule has 1 aromatic carbocycles. The number of carbonyl (C=O) groups excluding carboxylic acids is 1. The van der Waals surface area contributed by atoms with Gasteiger partial charge in [0.05, 0.1) is 13.0 Å². The number of likely N-dealkylation sites (tertiary alicyclic amines) is 1. The maximum atomic E-state index is 12.2. The normalized spacial score (nSPS) is 15.6. The van der Waals surface area contributed by atoms with Crippen molar-refractivity contribution >= 4 is 5.91 Å². The van der Waals surface area contributed by atoms with Crippen LogP contribution in [0.1, 0.15) is 37.0 Å². The molecule has 1 amide bonds. The van der Waals surface area contributed by atoms with Gasteiger partial charge in [0.15, 0.2) is 0 Å². The van der Waals surface area contributed by atoms with E-state index in [1.807, 2.05) is 35.2 Å². The zero-order valence-electron chi connectivity index (χ0n) is 13.3. The number of aromatic nitrogens is 2. The second-order valence-corrected chi connectivity index (χ2v) is 5.73. The molecule has 1 aromatic heterocycles. The second kappa shape index (κ2) is 7.26. The van der Waals surface area contributed by atoms with Crippen molar-refractivity contribution in [1.82, 2.24) is 15.1 Å². The summed E-state index contributed by atoms with van der Waals surface area (Å²) in [4.78, 5) is 14.1. The molecule has 0 radical (unpaired) electrons. The lowest BCUT2D eigenvalue weighted by atomic mass is 9.96. The quantitative estimate of drug-likeness (QED) is 0.848. The van der Waals surface area contributed by atoms with E-state index in [-0.39, 0.29) is 11.8 Å². The van der Waals surface area contributed by atoms with Gasteiger partial charge in [-0.1, -0.05) is 18.2 Å². The highest BCUT2D eigenvalue weighted by atomic mass is 16.5. The molecule has 0 N–H and O–H groups in total. The summed E-state index contributed by atoms with van der Waals surface area (Å²) >= 11 is 0. The lowest BCUT2D eigenvalue weighted by Gasteiger charge is -2.30. The molecule has 2 aromatic rings. The van der Waals surface area contributed by atoms with Crippen molar-refractivity contribution in [1.29, 1.82) is 0 Å². The third kappa shape index (κ3) is 4.09. The van der Waals surface area contributed by atoms with Crippen LogP contribution < -0.4 is 4.74 Å². The molecule has 1 aliphatic heterocycles. The molecule has 0 spiro atoms. The molecule has 122 valence electrons. The van der Waals surface area contributed by atoms with Crippen LogP contribution in [0.2, 0.25) is 0 Å². The predicted octanol–water partition coefficient (Wildman–Crippen LogP) is 2.55. The van der Waals surface area contributed by atoms with Crippen molar-refractivity contribution in [3.05, 3.63) is 42.1 Å². The number of aryl methyl sites for hydroxylation is 1. The van der Waals surface area contributed by atoms with Crippen molar-refractivity contribution in [3.8, 4) is 5.75 Å². The second-order valence-electron chi connectivity index (χ2n) is 5.73. The third-order valence-electron chi connectivity index (χ3n) is 4.07. The number of benzene rings is 1. The molecule has 1 aliphatic rings. The van der Waals surface area contributed by atoms with E-state index in [9.17, 15) is 4.79 Å². The number of nitrogens with zero attached hydrogens (tertiary/aromatic N) is 3. The highest BCUT2D eigenvalue weighted by molar-refractivity contribution is 5.76. The molecule has 6 nitrogen and oxygen atoms in total. The SMILES string of the molecule is Cc1nnc(C2CCN(C(=O)CCOc3ccccc3)CC2)o1. The number of carbonyl (C=O) groups is 1. The number of amides is 1. The Hall–Kier alpha value is -2.37. The van der Waals surface area contributed by atoms with Crippen LogP contribution in [0, 0.1) is 6.92 Å². The lowest BCUT2D eigenvalue weighted by Crippen LogP contribution is -2.38. The Bertz CT molecular complexity index is 634. The average Bonchev–Trinajstić information content (AvgIpc) is 3.02. The van der Waals surface area contributed by atoms with Crippen molar-refractivity contribution in [2.24, 2.45) is 0 Å². The van der Waals surface area contributed by atoms with Gasteiger partial charge in [0.2, 0.25) is 17.7 Å². The maximum Gasteiger partial charge on any atom is 0.225 e. The van der Waals surface area contributed by atoms with E-state index < -0.39 is 0 Å². The van der Waals surface area contributed by atoms with Gasteiger partial charge < -0.3 is 14.1 Å². The van der Waals surface area contributed by atoms with Crippen molar-refractivity contribution in [2.75, 3.05) is 19.7 Å². The summed E-state index contributed by atoms with van der Waals surface area (Å²) in [5.41, 5.74) is 0. The molecular formula is C17H21N3O3. The van der Waals surface area contributed by atoms with Gasteiger partial charge in [0, 0.05) is 25.9 Å². The van der Waals surface area contributed by atoms with Gasteiger partial charge in [0.1, 0.15) is 5.75 Å². The molecule has 0 aliphatic carbocycles. The van der Waals surface area contributed by atoms with Crippen molar-refractivity contribution in [2.45, 2.75) is 32.1 Å². The topological polar surface area (TPSA) is 68.5 Å². The van der Waals surface area contributed by atoms with Gasteiger partial charge in [-0.05, 0) is 25.0 Å². The van der Waals surface area contributed by atoms with Gasteiger partial charge in [-0.3, -0.25) is 4.79 Å². The zero-order valence-corrected chi connectivity index (χ0v) is 13.3. The van der Waals surface area contributed by atoms with Crippen LogP contribution in [0.25, 0.3) is 0 Å². The van der Waals surface area contributed by atoms with Gasteiger partial charge >= 0.3 is 0 Å². The van der Waals surface area contributed by atoms with Gasteiger partial charge in [-0.15, -0.1) is 10.2 Å². The number of hydrogen-bond acceptors (Lipinski definition) is 5. The zero-order chi connectivity index (χ0) is 16.1. The standard InChI is InChI=1S/C17H21N3O3/c1-13-18-19-17(23-13)14-7-10-20(11-8-14)16(21)9-12-22-15-5-3-2-4-6-15/h2-6,14H,7-12H2,1H3. The first kappa shape index (κ1) is 15.5. The fourth-order valence-corrected chi connectivity index (χ4v) is 2.78. The average molecular weight is 315 g/mol. The fourth-order valence-electron chi connectivity index (χ4n) is 2.78. The highest BCUT2D eigenvalue weighted by Gasteiger charge is 2.26. The molecule has 6 heteroatoms. The Morgan fingerprint density at radius 3 is 2.65 bits per heavy atom. The summed E-state index contributed by atoms with van der Waals surface area (Å²) in [6, 6.07) is 9.56. The van der Waals surface area contributed by atoms with E-state index in [1.165, 1.54) is 0 Å². The minimum absolute atomic E-state index is 0.140. The highest BCUT2D eigenvalue weighted by Crippen LogP contribution is 2.27. The minimum atomic E-state index is 0.140. The van der Waals surface area contributed by atoms with E-state index in [0.717, 1.165) is 31.7 Å². The van der Waals surface area contributed by atoms with Gasteiger partial charge in [0.25, 0.3) is 0 Å². The smallest absolute Gasteiger partial charge is 0.225 e. The molecule has 1 saturated heterocycles. The Balaban J connectivity index is 1.41. The lowest BCUT2D eigenvalue weighted by molar-refractivity contribution is -0.132. The van der Waals surface area contributed by atoms with Crippen LogP contribution in [0.4, 0.5) is 0 Å². The van der Waals surface area contributed by atoms with Gasteiger partial charge in [-0.25, -0.2) is 0 Å². The fraction of sp³-hybridized carbons (Fsp3) is 0.471. The Kier molecular flexibility index (Phi) is 4.90. The first-order chi connectivity index (χ1) is 11.2. The molecule has 1 fully saturated rings. The summed E-state index contributed by atoms with van der Waals surface area (Å²) in [6.07, 6.45) is 2.14. The number of para-hydroxylation sites is 1. The minimum Gasteiger partial charge on any atom is -0.493 e. The molecule has 2 heterocycles. The van der Waals surface area contributed by atoms with E-state index in [0.29, 0.717) is 24.8 Å². The molecule has 0 saturated carbocycles. The first-order valence-corrected chi connectivity index (χ1v) is 7.98. The van der Waals surface area contributed by atoms with E-state index in [1.54, 1.807) is 6.92 Å². The first-order valence-electron chi connectivity index (χ1n) is 7.98. The number of hydrogen-bond donors (Lipinski definition) is 0. The summed E-state index contributed by atoms with van der Waals surface area (Å²) in [6.45, 7) is 3.67. The summed E-state index contributed by atoms with van der Waals surface area (Å²) in [5.74, 6) is 2.49. The molecule has 0 atom stereocenters. The maximum absolute atomic E-state index is 12.2. The van der Waals surface area contributed by atoms with Crippen LogP contribution >= 0.6 is 0 Å².